The van der Waals surface area contributed by atoms with Gasteiger partial charge in [0.1, 0.15) is 0 Å². The van der Waals surface area contributed by atoms with Crippen LogP contribution in [0.5, 0.6) is 0 Å². The average Bonchev–Trinajstić information content (AvgIpc) is 3.60. The van der Waals surface area contributed by atoms with Crippen molar-refractivity contribution in [2.75, 3.05) is 13.2 Å². The summed E-state index contributed by atoms with van der Waals surface area (Å²) in [5.74, 6) is 9.42. The van der Waals surface area contributed by atoms with Crippen molar-refractivity contribution in [3.05, 3.63) is 35.5 Å². The second kappa shape index (κ2) is 13.2. The molecule has 248 valence electrons. The van der Waals surface area contributed by atoms with Gasteiger partial charge in [0.2, 0.25) is 0 Å². The number of hydrogen-bond donors (Lipinski definition) is 1. The number of ether oxygens (including phenoxy) is 1. The topological polar surface area (TPSA) is 38.7 Å². The van der Waals surface area contributed by atoms with E-state index in [4.69, 9.17) is 15.7 Å². The third-order valence-corrected chi connectivity index (χ3v) is 16.8. The lowest BCUT2D eigenvalue weighted by Crippen LogP contribution is -2.52. The first-order valence-electron chi connectivity index (χ1n) is 17.8. The van der Waals surface area contributed by atoms with Crippen LogP contribution < -0.4 is 0 Å². The van der Waals surface area contributed by atoms with E-state index in [-0.39, 0.29) is 34.7 Å². The second-order valence-electron chi connectivity index (χ2n) is 18.2. The molecule has 1 N–H and O–H groups in total. The van der Waals surface area contributed by atoms with Gasteiger partial charge < -0.3 is 14.3 Å². The summed E-state index contributed by atoms with van der Waals surface area (Å²) in [6.45, 7) is 31.1. The lowest BCUT2D eigenvalue weighted by Gasteiger charge is -2.46. The quantitative estimate of drug-likeness (QED) is 0.205. The first-order valence-corrected chi connectivity index (χ1v) is 20.7. The maximum Gasteiger partial charge on any atom is 0.193 e. The van der Waals surface area contributed by atoms with Crippen LogP contribution in [0.2, 0.25) is 18.1 Å². The number of hydrogen-bond acceptors (Lipinski definition) is 3. The third kappa shape index (κ3) is 7.87. The van der Waals surface area contributed by atoms with Crippen LogP contribution in [0.25, 0.3) is 0 Å². The van der Waals surface area contributed by atoms with Crippen LogP contribution in [0.1, 0.15) is 120 Å². The smallest absolute Gasteiger partial charge is 0.193 e. The molecule has 0 radical (unpaired) electrons. The molecule has 0 saturated heterocycles. The zero-order chi connectivity index (χ0) is 32.7. The highest BCUT2D eigenvalue weighted by atomic mass is 28.4. The van der Waals surface area contributed by atoms with Crippen LogP contribution in [-0.4, -0.2) is 38.8 Å². The van der Waals surface area contributed by atoms with E-state index in [9.17, 15) is 5.11 Å². The van der Waals surface area contributed by atoms with Crippen LogP contribution in [-0.2, 0) is 9.16 Å². The van der Waals surface area contributed by atoms with Gasteiger partial charge in [-0.15, -0.1) is 5.92 Å². The molecule has 4 rings (SSSR count). The zero-order valence-electron chi connectivity index (χ0n) is 30.4. The fourth-order valence-corrected chi connectivity index (χ4v) is 9.44. The van der Waals surface area contributed by atoms with Gasteiger partial charge in [-0.05, 0) is 131 Å². The fourth-order valence-electron chi connectivity index (χ4n) is 8.17. The molecule has 44 heavy (non-hydrogen) atoms. The van der Waals surface area contributed by atoms with Gasteiger partial charge in [0.15, 0.2) is 8.32 Å². The van der Waals surface area contributed by atoms with Crippen molar-refractivity contribution >= 4 is 8.32 Å². The molecular formula is C40H66O3Si. The summed E-state index contributed by atoms with van der Waals surface area (Å²) in [6, 6.07) is 0. The Morgan fingerprint density at radius 3 is 2.36 bits per heavy atom. The molecule has 1 unspecified atom stereocenters. The van der Waals surface area contributed by atoms with Crippen LogP contribution in [0.3, 0.4) is 0 Å². The van der Waals surface area contributed by atoms with Crippen molar-refractivity contribution in [1.82, 2.24) is 0 Å². The van der Waals surface area contributed by atoms with Gasteiger partial charge in [0.05, 0.1) is 25.4 Å². The van der Waals surface area contributed by atoms with Crippen molar-refractivity contribution in [1.29, 1.82) is 0 Å². The van der Waals surface area contributed by atoms with Crippen LogP contribution in [0, 0.1) is 51.8 Å². The Morgan fingerprint density at radius 2 is 1.77 bits per heavy atom. The molecular weight excluding hydrogens is 557 g/mol. The molecule has 0 heterocycles. The summed E-state index contributed by atoms with van der Waals surface area (Å²) >= 11 is 0. The lowest BCUT2D eigenvalue weighted by molar-refractivity contribution is -0.0731. The van der Waals surface area contributed by atoms with Crippen molar-refractivity contribution in [2.24, 2.45) is 39.9 Å². The minimum Gasteiger partial charge on any atom is -0.407 e. The van der Waals surface area contributed by atoms with Crippen LogP contribution in [0.15, 0.2) is 35.5 Å². The Balaban J connectivity index is 1.55. The molecule has 4 aliphatic carbocycles. The number of rotatable bonds is 9. The second-order valence-corrected chi connectivity index (χ2v) is 23.0. The Kier molecular flexibility index (Phi) is 10.7. The summed E-state index contributed by atoms with van der Waals surface area (Å²) < 4.78 is 13.8. The Hall–Kier alpha value is -1.12. The van der Waals surface area contributed by atoms with Gasteiger partial charge in [-0.3, -0.25) is 0 Å². The molecule has 4 aliphatic rings. The lowest BCUT2D eigenvalue weighted by atomic mass is 9.61. The number of aliphatic hydroxyl groups excluding tert-OH is 1. The van der Waals surface area contributed by atoms with Gasteiger partial charge >= 0.3 is 0 Å². The van der Waals surface area contributed by atoms with Crippen molar-refractivity contribution in [3.8, 4) is 11.8 Å². The summed E-state index contributed by atoms with van der Waals surface area (Å²) in [7, 11) is -2.07. The molecule has 0 amide bonds. The Bertz CT molecular complexity index is 1160. The van der Waals surface area contributed by atoms with E-state index < -0.39 is 8.32 Å². The Labute approximate surface area is 272 Å². The highest BCUT2D eigenvalue weighted by Gasteiger charge is 2.51. The van der Waals surface area contributed by atoms with E-state index in [1.54, 1.807) is 5.57 Å². The molecule has 0 aromatic rings. The Morgan fingerprint density at radius 1 is 1.09 bits per heavy atom. The molecule has 4 saturated carbocycles. The fraction of sp³-hybridized carbons (Fsp3) is 0.800. The highest BCUT2D eigenvalue weighted by molar-refractivity contribution is 6.74. The SMILES string of the molecule is C=C1/C(=C\C=C2/CCC[C@@]3(C)C2CC[C@@H]3[C@H](C)CC#CC(C)(C)C)C[C@@H](C)[C@H](OCC2(CO)CC2)[C@@H]1O[Si](C)(C)C(C)(C)C. The van der Waals surface area contributed by atoms with Crippen LogP contribution in [0.4, 0.5) is 0 Å². The maximum absolute atomic E-state index is 9.95. The van der Waals surface area contributed by atoms with E-state index >= 15 is 0 Å². The molecule has 0 bridgehead atoms. The van der Waals surface area contributed by atoms with Crippen molar-refractivity contribution in [3.63, 3.8) is 0 Å². The molecule has 3 nitrogen and oxygen atoms in total. The summed E-state index contributed by atoms with van der Waals surface area (Å²) in [5, 5.41) is 10.1. The molecule has 0 aliphatic heterocycles. The highest BCUT2D eigenvalue weighted by Crippen LogP contribution is 2.60. The van der Waals surface area contributed by atoms with Gasteiger partial charge in [0.25, 0.3) is 0 Å². The largest absolute Gasteiger partial charge is 0.407 e. The maximum atomic E-state index is 9.95. The van der Waals surface area contributed by atoms with E-state index in [0.29, 0.717) is 29.8 Å². The average molecular weight is 623 g/mol. The molecule has 4 heteroatoms. The van der Waals surface area contributed by atoms with Gasteiger partial charge in [0, 0.05) is 17.3 Å². The van der Waals surface area contributed by atoms with E-state index in [1.807, 2.05) is 0 Å². The van der Waals surface area contributed by atoms with Gasteiger partial charge in [-0.2, -0.15) is 0 Å². The molecule has 0 aromatic heterocycles. The standard InChI is InChI=1S/C40H66O3Si/c1-28(15-13-21-37(4,5)6)33-19-20-34-31(16-14-22-39(33,34)10)17-18-32-25-29(2)35(42-27-40(26-41)23-24-40)36(30(32)3)43-44(11,12)38(7,8)9/h17-18,28-29,33-36,41H,3,14-16,19-20,22-27H2,1-2,4-12H3/b31-17+,32-18-/t28-,29-,33-,34?,35+,36-,39-/m1/s1. The predicted molar refractivity (Wildman–Crippen MR) is 189 cm³/mol. The van der Waals surface area contributed by atoms with E-state index in [2.05, 4.69) is 99.4 Å². The number of aliphatic hydroxyl groups is 1. The zero-order valence-corrected chi connectivity index (χ0v) is 31.4. The minimum absolute atomic E-state index is 0.0260. The molecule has 0 spiro atoms. The van der Waals surface area contributed by atoms with Gasteiger partial charge in [-0.25, -0.2) is 0 Å². The summed E-state index contributed by atoms with van der Waals surface area (Å²) in [6.07, 6.45) is 15.3. The first-order chi connectivity index (χ1) is 20.3. The number of fused-ring (bicyclic) bond motifs is 1. The summed E-state index contributed by atoms with van der Waals surface area (Å²) in [5.41, 5.74) is 4.52. The number of allylic oxidation sites excluding steroid dienone is 3. The monoisotopic (exact) mass is 622 g/mol. The third-order valence-electron chi connectivity index (χ3n) is 12.4. The molecule has 0 aromatic carbocycles. The van der Waals surface area contributed by atoms with Crippen molar-refractivity contribution in [2.45, 2.75) is 150 Å². The molecule has 7 atom stereocenters. The minimum atomic E-state index is -2.07. The van der Waals surface area contributed by atoms with Gasteiger partial charge in [-0.1, -0.05) is 71.8 Å². The first kappa shape index (κ1) is 35.7. The van der Waals surface area contributed by atoms with E-state index in [1.165, 1.54) is 37.7 Å². The van der Waals surface area contributed by atoms with Crippen LogP contribution >= 0.6 is 0 Å². The molecule has 4 fully saturated rings. The van der Waals surface area contributed by atoms with Crippen molar-refractivity contribution < 1.29 is 14.3 Å². The predicted octanol–water partition coefficient (Wildman–Crippen LogP) is 10.3. The summed E-state index contributed by atoms with van der Waals surface area (Å²) in [4.78, 5) is 0. The van der Waals surface area contributed by atoms with E-state index in [0.717, 1.165) is 37.2 Å². The normalized spacial score (nSPS) is 34.9.